The van der Waals surface area contributed by atoms with Crippen molar-refractivity contribution in [3.05, 3.63) is 29.6 Å². The maximum Gasteiger partial charge on any atom is 0.126 e. The third kappa shape index (κ3) is 5.91. The highest BCUT2D eigenvalue weighted by Gasteiger charge is 2.12. The van der Waals surface area contributed by atoms with Gasteiger partial charge in [0.2, 0.25) is 0 Å². The minimum Gasteiger partial charge on any atom is -0.493 e. The molecule has 0 saturated carbocycles. The average Bonchev–Trinajstić information content (AvgIpc) is 2.41. The van der Waals surface area contributed by atoms with E-state index in [0.29, 0.717) is 18.3 Å². The van der Waals surface area contributed by atoms with Crippen molar-refractivity contribution in [3.63, 3.8) is 0 Å². The maximum atomic E-state index is 13.4. The second-order valence-electron chi connectivity index (χ2n) is 5.74. The lowest BCUT2D eigenvalue weighted by atomic mass is 10.1. The second-order valence-corrected chi connectivity index (χ2v) is 5.74. The first-order valence-corrected chi connectivity index (χ1v) is 7.70. The minimum atomic E-state index is -0.240. The van der Waals surface area contributed by atoms with Crippen LogP contribution in [-0.2, 0) is 0 Å². The van der Waals surface area contributed by atoms with E-state index in [1.165, 1.54) is 12.1 Å². The van der Waals surface area contributed by atoms with Crippen LogP contribution in [-0.4, -0.2) is 13.2 Å². The third-order valence-electron chi connectivity index (χ3n) is 3.33. The van der Waals surface area contributed by atoms with E-state index in [-0.39, 0.29) is 11.9 Å². The Hall–Kier alpha value is -1.09. The van der Waals surface area contributed by atoms with Gasteiger partial charge >= 0.3 is 0 Å². The van der Waals surface area contributed by atoms with Crippen molar-refractivity contribution in [2.45, 2.75) is 53.0 Å². The van der Waals surface area contributed by atoms with Gasteiger partial charge in [-0.2, -0.15) is 0 Å². The molecule has 0 amide bonds. The summed E-state index contributed by atoms with van der Waals surface area (Å²) in [4.78, 5) is 0. The molecule has 0 fully saturated rings. The number of halogens is 1. The van der Waals surface area contributed by atoms with E-state index in [4.69, 9.17) is 4.74 Å². The van der Waals surface area contributed by atoms with Crippen molar-refractivity contribution in [2.24, 2.45) is 5.92 Å². The van der Waals surface area contributed by atoms with Crippen LogP contribution in [0.1, 0.15) is 58.6 Å². The molecule has 2 nitrogen and oxygen atoms in total. The SMILES string of the molecule is CCCNC(C)c1ccc(F)cc1OCCCC(C)C. The lowest BCUT2D eigenvalue weighted by Crippen LogP contribution is -2.20. The highest BCUT2D eigenvalue weighted by Crippen LogP contribution is 2.26. The summed E-state index contributed by atoms with van der Waals surface area (Å²) in [6.45, 7) is 10.2. The van der Waals surface area contributed by atoms with E-state index in [2.05, 4.69) is 33.0 Å². The normalized spacial score (nSPS) is 12.7. The highest BCUT2D eigenvalue weighted by atomic mass is 19.1. The van der Waals surface area contributed by atoms with Crippen LogP contribution < -0.4 is 10.1 Å². The van der Waals surface area contributed by atoms with Crippen LogP contribution in [0.25, 0.3) is 0 Å². The van der Waals surface area contributed by atoms with Gasteiger partial charge in [0.15, 0.2) is 0 Å². The molecule has 114 valence electrons. The van der Waals surface area contributed by atoms with Crippen molar-refractivity contribution in [1.82, 2.24) is 5.32 Å². The molecular weight excluding hydrogens is 253 g/mol. The third-order valence-corrected chi connectivity index (χ3v) is 3.33. The molecular formula is C17H28FNO. The summed E-state index contributed by atoms with van der Waals surface area (Å²) in [6, 6.07) is 4.99. The monoisotopic (exact) mass is 281 g/mol. The van der Waals surface area contributed by atoms with Gasteiger partial charge < -0.3 is 10.1 Å². The molecule has 0 radical (unpaired) electrons. The van der Waals surface area contributed by atoms with E-state index in [1.807, 2.05) is 6.07 Å². The molecule has 0 bridgehead atoms. The van der Waals surface area contributed by atoms with Crippen LogP contribution in [0.3, 0.4) is 0 Å². The number of benzene rings is 1. The van der Waals surface area contributed by atoms with Gasteiger partial charge in [-0.15, -0.1) is 0 Å². The Labute approximate surface area is 122 Å². The fraction of sp³-hybridized carbons (Fsp3) is 0.647. The Morgan fingerprint density at radius 3 is 2.65 bits per heavy atom. The van der Waals surface area contributed by atoms with Crippen LogP contribution in [0.2, 0.25) is 0 Å². The molecule has 1 rings (SSSR count). The van der Waals surface area contributed by atoms with Gasteiger partial charge in [0.05, 0.1) is 6.61 Å². The Balaban J connectivity index is 2.64. The Morgan fingerprint density at radius 1 is 1.25 bits per heavy atom. The predicted molar refractivity (Wildman–Crippen MR) is 82.7 cm³/mol. The number of nitrogens with one attached hydrogen (secondary N) is 1. The molecule has 0 saturated heterocycles. The highest BCUT2D eigenvalue weighted by molar-refractivity contribution is 5.36. The summed E-state index contributed by atoms with van der Waals surface area (Å²) in [5.41, 5.74) is 1.03. The van der Waals surface area contributed by atoms with E-state index in [0.717, 1.165) is 31.4 Å². The van der Waals surface area contributed by atoms with Crippen molar-refractivity contribution in [1.29, 1.82) is 0 Å². The van der Waals surface area contributed by atoms with Crippen LogP contribution in [0.15, 0.2) is 18.2 Å². The van der Waals surface area contributed by atoms with E-state index < -0.39 is 0 Å². The maximum absolute atomic E-state index is 13.4. The molecule has 0 heterocycles. The molecule has 1 aromatic rings. The molecule has 0 aliphatic heterocycles. The molecule has 0 aliphatic rings. The smallest absolute Gasteiger partial charge is 0.126 e. The quantitative estimate of drug-likeness (QED) is 0.662. The van der Waals surface area contributed by atoms with Crippen molar-refractivity contribution < 1.29 is 9.13 Å². The topological polar surface area (TPSA) is 21.3 Å². The van der Waals surface area contributed by atoms with Crippen LogP contribution in [0.4, 0.5) is 4.39 Å². The molecule has 0 spiro atoms. The molecule has 20 heavy (non-hydrogen) atoms. The Kier molecular flexibility index (Phi) is 7.60. The largest absolute Gasteiger partial charge is 0.493 e. The van der Waals surface area contributed by atoms with E-state index in [9.17, 15) is 4.39 Å². The molecule has 1 aromatic carbocycles. The average molecular weight is 281 g/mol. The van der Waals surface area contributed by atoms with Gasteiger partial charge in [-0.05, 0) is 44.7 Å². The predicted octanol–water partition coefficient (Wildman–Crippen LogP) is 4.70. The van der Waals surface area contributed by atoms with Gasteiger partial charge in [0, 0.05) is 17.7 Å². The molecule has 1 atom stereocenters. The lowest BCUT2D eigenvalue weighted by molar-refractivity contribution is 0.291. The van der Waals surface area contributed by atoms with Gasteiger partial charge in [0.25, 0.3) is 0 Å². The van der Waals surface area contributed by atoms with Crippen molar-refractivity contribution in [3.8, 4) is 5.75 Å². The molecule has 1 unspecified atom stereocenters. The fourth-order valence-corrected chi connectivity index (χ4v) is 2.14. The Morgan fingerprint density at radius 2 is 2.00 bits per heavy atom. The molecule has 3 heteroatoms. The first kappa shape index (κ1) is 17.0. The van der Waals surface area contributed by atoms with Crippen LogP contribution >= 0.6 is 0 Å². The number of hydrogen-bond acceptors (Lipinski definition) is 2. The first-order valence-electron chi connectivity index (χ1n) is 7.70. The molecule has 1 N–H and O–H groups in total. The standard InChI is InChI=1S/C17H28FNO/c1-5-10-19-14(4)16-9-8-15(18)12-17(16)20-11-6-7-13(2)3/h8-9,12-14,19H,5-7,10-11H2,1-4H3. The number of ether oxygens (including phenoxy) is 1. The minimum absolute atomic E-state index is 0.177. The second kappa shape index (κ2) is 8.96. The van der Waals surface area contributed by atoms with Crippen LogP contribution in [0, 0.1) is 11.7 Å². The molecule has 0 aliphatic carbocycles. The van der Waals surface area contributed by atoms with Gasteiger partial charge in [0.1, 0.15) is 11.6 Å². The Bertz CT molecular complexity index is 393. The zero-order valence-corrected chi connectivity index (χ0v) is 13.2. The lowest BCUT2D eigenvalue weighted by Gasteiger charge is -2.18. The summed E-state index contributed by atoms with van der Waals surface area (Å²) in [5.74, 6) is 1.11. The summed E-state index contributed by atoms with van der Waals surface area (Å²) in [7, 11) is 0. The zero-order valence-electron chi connectivity index (χ0n) is 13.2. The molecule has 0 aromatic heterocycles. The zero-order chi connectivity index (χ0) is 15.0. The summed E-state index contributed by atoms with van der Waals surface area (Å²) in [6.07, 6.45) is 3.22. The van der Waals surface area contributed by atoms with Gasteiger partial charge in [-0.3, -0.25) is 0 Å². The van der Waals surface area contributed by atoms with E-state index >= 15 is 0 Å². The van der Waals surface area contributed by atoms with Crippen molar-refractivity contribution in [2.75, 3.05) is 13.2 Å². The number of hydrogen-bond donors (Lipinski definition) is 1. The first-order chi connectivity index (χ1) is 9.54. The van der Waals surface area contributed by atoms with Crippen molar-refractivity contribution >= 4 is 0 Å². The summed E-state index contributed by atoms with van der Waals surface area (Å²) < 4.78 is 19.2. The summed E-state index contributed by atoms with van der Waals surface area (Å²) >= 11 is 0. The van der Waals surface area contributed by atoms with Gasteiger partial charge in [-0.1, -0.05) is 26.8 Å². The summed E-state index contributed by atoms with van der Waals surface area (Å²) in [5, 5.41) is 3.41. The van der Waals surface area contributed by atoms with E-state index in [1.54, 1.807) is 0 Å². The number of rotatable bonds is 9. The van der Waals surface area contributed by atoms with Gasteiger partial charge in [-0.25, -0.2) is 4.39 Å². The fourth-order valence-electron chi connectivity index (χ4n) is 2.14. The van der Waals surface area contributed by atoms with Crippen LogP contribution in [0.5, 0.6) is 5.75 Å².